The van der Waals surface area contributed by atoms with E-state index in [0.29, 0.717) is 24.3 Å². The molecule has 0 radical (unpaired) electrons. The molecule has 0 spiro atoms. The first-order valence-electron chi connectivity index (χ1n) is 9.14. The van der Waals surface area contributed by atoms with Gasteiger partial charge in [-0.2, -0.15) is 0 Å². The van der Waals surface area contributed by atoms with Crippen LogP contribution in [-0.4, -0.2) is 46.6 Å². The zero-order chi connectivity index (χ0) is 17.8. The molecule has 136 valence electrons. The molecule has 4 aliphatic heterocycles. The summed E-state index contributed by atoms with van der Waals surface area (Å²) in [7, 11) is 0. The standard InChI is InChI=1S/C19H21F2N5/c20-13-5-12(6-14(21)7-13)15-9-26(17-8-16(22)23-10-24-17)18-11-1-3-25(4-2-11)19(15)18/h5-8,10-11,15,18-19H,1-4,9H2,(H2,22,23,24)/t15-,18+,19+/m1/s1. The number of hydrogen-bond acceptors (Lipinski definition) is 5. The van der Waals surface area contributed by atoms with Crippen molar-refractivity contribution in [3.05, 3.63) is 47.8 Å². The Hall–Kier alpha value is -2.28. The lowest BCUT2D eigenvalue weighted by Gasteiger charge is -2.51. The van der Waals surface area contributed by atoms with Crippen LogP contribution in [0, 0.1) is 17.6 Å². The molecule has 3 atom stereocenters. The zero-order valence-electron chi connectivity index (χ0n) is 14.4. The van der Waals surface area contributed by atoms with E-state index in [9.17, 15) is 8.78 Å². The molecule has 0 aliphatic carbocycles. The third kappa shape index (κ3) is 2.45. The van der Waals surface area contributed by atoms with Crippen LogP contribution in [0.15, 0.2) is 30.6 Å². The first-order chi connectivity index (χ1) is 12.6. The number of benzene rings is 1. The van der Waals surface area contributed by atoms with Crippen LogP contribution in [0.4, 0.5) is 20.4 Å². The number of piperidine rings is 3. The van der Waals surface area contributed by atoms with Gasteiger partial charge in [-0.15, -0.1) is 0 Å². The van der Waals surface area contributed by atoms with Crippen molar-refractivity contribution in [2.45, 2.75) is 30.8 Å². The molecular weight excluding hydrogens is 336 g/mol. The van der Waals surface area contributed by atoms with E-state index < -0.39 is 11.6 Å². The van der Waals surface area contributed by atoms with E-state index in [1.165, 1.54) is 18.5 Å². The van der Waals surface area contributed by atoms with Gasteiger partial charge in [0.05, 0.1) is 0 Å². The molecule has 2 aromatic rings. The Labute approximate surface area is 150 Å². The second-order valence-corrected chi connectivity index (χ2v) is 7.62. The quantitative estimate of drug-likeness (QED) is 0.894. The highest BCUT2D eigenvalue weighted by Crippen LogP contribution is 2.47. The highest BCUT2D eigenvalue weighted by molar-refractivity contribution is 5.51. The third-order valence-corrected chi connectivity index (χ3v) is 6.28. The molecule has 4 aliphatic rings. The van der Waals surface area contributed by atoms with E-state index in [-0.39, 0.29) is 12.0 Å². The summed E-state index contributed by atoms with van der Waals surface area (Å²) < 4.78 is 27.7. The predicted octanol–water partition coefficient (Wildman–Crippen LogP) is 2.40. The molecule has 0 saturated carbocycles. The highest BCUT2D eigenvalue weighted by atomic mass is 19.1. The smallest absolute Gasteiger partial charge is 0.134 e. The Balaban J connectivity index is 1.58. The zero-order valence-corrected chi connectivity index (χ0v) is 14.4. The number of fused-ring (bicyclic) bond motifs is 2. The van der Waals surface area contributed by atoms with Crippen LogP contribution in [0.25, 0.3) is 0 Å². The average molecular weight is 357 g/mol. The largest absolute Gasteiger partial charge is 0.384 e. The minimum Gasteiger partial charge on any atom is -0.384 e. The van der Waals surface area contributed by atoms with E-state index in [2.05, 4.69) is 19.8 Å². The number of halogens is 2. The number of nitrogens with zero attached hydrogens (tertiary/aromatic N) is 4. The van der Waals surface area contributed by atoms with Crippen LogP contribution >= 0.6 is 0 Å². The topological polar surface area (TPSA) is 58.3 Å². The van der Waals surface area contributed by atoms with Gasteiger partial charge in [0, 0.05) is 36.7 Å². The third-order valence-electron chi connectivity index (χ3n) is 6.28. The molecule has 4 fully saturated rings. The van der Waals surface area contributed by atoms with Gasteiger partial charge in [0.1, 0.15) is 29.6 Å². The first-order valence-corrected chi connectivity index (χ1v) is 9.14. The minimum atomic E-state index is -0.516. The van der Waals surface area contributed by atoms with Gasteiger partial charge in [0.25, 0.3) is 0 Å². The molecule has 0 amide bonds. The fourth-order valence-corrected chi connectivity index (χ4v) is 5.28. The summed E-state index contributed by atoms with van der Waals surface area (Å²) in [4.78, 5) is 13.2. The number of anilines is 2. The predicted molar refractivity (Wildman–Crippen MR) is 94.8 cm³/mol. The van der Waals surface area contributed by atoms with Gasteiger partial charge in [-0.05, 0) is 49.5 Å². The number of nitrogens with two attached hydrogens (primary N) is 1. The van der Waals surface area contributed by atoms with Gasteiger partial charge in [-0.25, -0.2) is 18.7 Å². The molecule has 1 aromatic carbocycles. The van der Waals surface area contributed by atoms with Crippen LogP contribution in [0.5, 0.6) is 0 Å². The molecule has 1 aromatic heterocycles. The van der Waals surface area contributed by atoms with Crippen molar-refractivity contribution < 1.29 is 8.78 Å². The van der Waals surface area contributed by atoms with Crippen LogP contribution in [-0.2, 0) is 0 Å². The maximum Gasteiger partial charge on any atom is 0.134 e. The molecule has 2 N–H and O–H groups in total. The second-order valence-electron chi connectivity index (χ2n) is 7.62. The van der Waals surface area contributed by atoms with Gasteiger partial charge < -0.3 is 10.6 Å². The van der Waals surface area contributed by atoms with Crippen molar-refractivity contribution in [1.82, 2.24) is 14.9 Å². The number of hydrogen-bond donors (Lipinski definition) is 1. The molecule has 5 nitrogen and oxygen atoms in total. The van der Waals surface area contributed by atoms with E-state index >= 15 is 0 Å². The van der Waals surface area contributed by atoms with Gasteiger partial charge in [0.15, 0.2) is 0 Å². The molecule has 26 heavy (non-hydrogen) atoms. The van der Waals surface area contributed by atoms with Crippen molar-refractivity contribution in [3.8, 4) is 0 Å². The minimum absolute atomic E-state index is 0.0458. The molecule has 2 bridgehead atoms. The number of nitrogen functional groups attached to an aromatic ring is 1. The Morgan fingerprint density at radius 2 is 1.69 bits per heavy atom. The van der Waals surface area contributed by atoms with Gasteiger partial charge in [0.2, 0.25) is 0 Å². The van der Waals surface area contributed by atoms with Crippen LogP contribution in [0.2, 0.25) is 0 Å². The molecule has 7 heteroatoms. The van der Waals surface area contributed by atoms with Crippen molar-refractivity contribution in [1.29, 1.82) is 0 Å². The van der Waals surface area contributed by atoms with E-state index in [0.717, 1.165) is 43.4 Å². The van der Waals surface area contributed by atoms with E-state index in [1.807, 2.05) is 0 Å². The van der Waals surface area contributed by atoms with Crippen LogP contribution in [0.1, 0.15) is 24.3 Å². The van der Waals surface area contributed by atoms with Crippen molar-refractivity contribution >= 4 is 11.6 Å². The number of rotatable bonds is 2. The summed E-state index contributed by atoms with van der Waals surface area (Å²) in [5.41, 5.74) is 6.60. The summed E-state index contributed by atoms with van der Waals surface area (Å²) in [6, 6.07) is 6.23. The summed E-state index contributed by atoms with van der Waals surface area (Å²) in [6.45, 7) is 2.79. The SMILES string of the molecule is Nc1cc(N2C[C@H](c3cc(F)cc(F)c3)[C@H]3[C@@H]2C2CCN3CC2)ncn1. The van der Waals surface area contributed by atoms with E-state index in [4.69, 9.17) is 5.73 Å². The highest BCUT2D eigenvalue weighted by Gasteiger charge is 2.53. The Kier molecular flexibility index (Phi) is 3.60. The Morgan fingerprint density at radius 1 is 0.962 bits per heavy atom. The number of aromatic nitrogens is 2. The molecule has 6 rings (SSSR count). The monoisotopic (exact) mass is 357 g/mol. The Bertz CT molecular complexity index is 816. The fourth-order valence-electron chi connectivity index (χ4n) is 5.28. The summed E-state index contributed by atoms with van der Waals surface area (Å²) in [5, 5.41) is 0. The van der Waals surface area contributed by atoms with Crippen molar-refractivity contribution in [2.24, 2.45) is 5.92 Å². The van der Waals surface area contributed by atoms with Crippen LogP contribution in [0.3, 0.4) is 0 Å². The second kappa shape index (κ2) is 5.87. The maximum atomic E-state index is 13.9. The van der Waals surface area contributed by atoms with Gasteiger partial charge >= 0.3 is 0 Å². The Morgan fingerprint density at radius 3 is 2.38 bits per heavy atom. The van der Waals surface area contributed by atoms with Gasteiger partial charge in [-0.1, -0.05) is 0 Å². The lowest BCUT2D eigenvalue weighted by atomic mass is 9.75. The molecule has 0 unspecified atom stereocenters. The normalized spacial score (nSPS) is 32.7. The molecular formula is C19H21F2N5. The van der Waals surface area contributed by atoms with Gasteiger partial charge in [-0.3, -0.25) is 4.90 Å². The summed E-state index contributed by atoms with van der Waals surface area (Å²) in [5.74, 6) is 0.831. The summed E-state index contributed by atoms with van der Waals surface area (Å²) in [6.07, 6.45) is 3.79. The van der Waals surface area contributed by atoms with Crippen molar-refractivity contribution in [2.75, 3.05) is 30.3 Å². The molecule has 4 saturated heterocycles. The first kappa shape index (κ1) is 15.9. The van der Waals surface area contributed by atoms with Crippen molar-refractivity contribution in [3.63, 3.8) is 0 Å². The fraction of sp³-hybridized carbons (Fsp3) is 0.474. The lowest BCUT2D eigenvalue weighted by molar-refractivity contribution is 0.0354. The molecule has 5 heterocycles. The lowest BCUT2D eigenvalue weighted by Crippen LogP contribution is -2.60. The van der Waals surface area contributed by atoms with E-state index in [1.54, 1.807) is 6.07 Å². The van der Waals surface area contributed by atoms with Crippen LogP contribution < -0.4 is 10.6 Å². The maximum absolute atomic E-state index is 13.9. The average Bonchev–Trinajstić information content (AvgIpc) is 3.05. The summed E-state index contributed by atoms with van der Waals surface area (Å²) >= 11 is 0.